The number of anilines is 2. The third-order valence-corrected chi connectivity index (χ3v) is 3.24. The molecule has 0 aliphatic carbocycles. The van der Waals surface area contributed by atoms with Crippen LogP contribution in [0.4, 0.5) is 11.6 Å². The van der Waals surface area contributed by atoms with Gasteiger partial charge in [-0.15, -0.1) is 0 Å². The Bertz CT molecular complexity index is 543. The van der Waals surface area contributed by atoms with Crippen molar-refractivity contribution < 1.29 is 4.79 Å². The summed E-state index contributed by atoms with van der Waals surface area (Å²) in [5.74, 6) is -0.684. The number of nitrogens with two attached hydrogens (primary N) is 2. The maximum atomic E-state index is 11.9. The van der Waals surface area contributed by atoms with Crippen molar-refractivity contribution in [1.82, 2.24) is 26.1 Å². The van der Waals surface area contributed by atoms with E-state index in [9.17, 15) is 4.79 Å². The highest BCUT2D eigenvalue weighted by Gasteiger charge is 2.15. The highest BCUT2D eigenvalue weighted by atomic mass is 35.5. The molecule has 9 nitrogen and oxygen atoms in total. The van der Waals surface area contributed by atoms with Gasteiger partial charge in [0.1, 0.15) is 6.34 Å². The molecule has 1 aromatic heterocycles. The molecule has 0 spiro atoms. The summed E-state index contributed by atoms with van der Waals surface area (Å²) in [6.45, 7) is 1.90. The number of carbonyl (C=O) groups excluding carboxylic acids is 1. The van der Waals surface area contributed by atoms with Crippen LogP contribution in [0.1, 0.15) is 23.3 Å². The zero-order chi connectivity index (χ0) is 15.2. The van der Waals surface area contributed by atoms with Crippen molar-refractivity contribution in [2.24, 2.45) is 4.99 Å². The van der Waals surface area contributed by atoms with E-state index in [0.29, 0.717) is 0 Å². The van der Waals surface area contributed by atoms with Gasteiger partial charge in [0.05, 0.1) is 6.04 Å². The van der Waals surface area contributed by atoms with Gasteiger partial charge in [0.2, 0.25) is 0 Å². The van der Waals surface area contributed by atoms with Crippen molar-refractivity contribution in [3.05, 3.63) is 10.8 Å². The van der Waals surface area contributed by atoms with Gasteiger partial charge in [-0.05, 0) is 25.9 Å². The minimum absolute atomic E-state index is 0.0221. The molecule has 7 N–H and O–H groups in total. The predicted octanol–water partition coefficient (Wildman–Crippen LogP) is -0.691. The number of nitrogens with zero attached hydrogens (tertiary/aromatic N) is 3. The zero-order valence-electron chi connectivity index (χ0n) is 11.3. The fraction of sp³-hybridized carbons (Fsp3) is 0.455. The second-order valence-electron chi connectivity index (χ2n) is 4.49. The van der Waals surface area contributed by atoms with Gasteiger partial charge in [0.15, 0.2) is 22.5 Å². The maximum absolute atomic E-state index is 11.9. The standard InChI is InChI=1S/C11H17ClN8O/c12-8-10(14)19-9(13)7(18-8)11(21)20-17-5-16-6-1-3-15-4-2-6/h5-6,15H,1-4H2,(H,16,17)(H,20,21)(H4,13,14,19). The van der Waals surface area contributed by atoms with Crippen molar-refractivity contribution in [3.63, 3.8) is 0 Å². The molecule has 0 aromatic carbocycles. The van der Waals surface area contributed by atoms with E-state index in [1.54, 1.807) is 0 Å². The van der Waals surface area contributed by atoms with Gasteiger partial charge in [-0.25, -0.2) is 9.97 Å². The smallest absolute Gasteiger partial charge is 0.292 e. The summed E-state index contributed by atoms with van der Waals surface area (Å²) < 4.78 is 0. The molecule has 0 saturated carbocycles. The Morgan fingerprint density at radius 3 is 2.76 bits per heavy atom. The number of nitrogens with one attached hydrogen (secondary N) is 3. The Kier molecular flexibility index (Phi) is 5.12. The molecular formula is C11H17ClN8O. The van der Waals surface area contributed by atoms with E-state index in [0.717, 1.165) is 25.9 Å². The molecule has 10 heteroatoms. The summed E-state index contributed by atoms with van der Waals surface area (Å²) in [5.41, 5.74) is 15.9. The molecule has 1 saturated heterocycles. The number of rotatable bonds is 4. The maximum Gasteiger partial charge on any atom is 0.292 e. The number of nitrogen functional groups attached to an aromatic ring is 2. The quantitative estimate of drug-likeness (QED) is 0.281. The first-order valence-electron chi connectivity index (χ1n) is 6.44. The zero-order valence-corrected chi connectivity index (χ0v) is 12.0. The summed E-state index contributed by atoms with van der Waals surface area (Å²) in [4.78, 5) is 23.7. The monoisotopic (exact) mass is 312 g/mol. The van der Waals surface area contributed by atoms with Crippen molar-refractivity contribution in [3.8, 4) is 0 Å². The molecule has 21 heavy (non-hydrogen) atoms. The Labute approximate surface area is 126 Å². The number of halogens is 1. The largest absolute Gasteiger partial charge is 0.382 e. The number of aromatic nitrogens is 2. The lowest BCUT2D eigenvalue weighted by atomic mass is 10.1. The van der Waals surface area contributed by atoms with Crippen LogP contribution in [-0.4, -0.2) is 41.3 Å². The van der Waals surface area contributed by atoms with Gasteiger partial charge in [0, 0.05) is 0 Å². The molecule has 114 valence electrons. The summed E-state index contributed by atoms with van der Waals surface area (Å²) in [6.07, 6.45) is 3.38. The molecule has 0 atom stereocenters. The van der Waals surface area contributed by atoms with Crippen molar-refractivity contribution >= 4 is 35.5 Å². The number of carbonyl (C=O) groups is 1. The first kappa shape index (κ1) is 15.3. The Balaban J connectivity index is 1.87. The number of hydrazine groups is 1. The molecule has 1 aromatic rings. The van der Waals surface area contributed by atoms with Crippen molar-refractivity contribution in [2.45, 2.75) is 18.9 Å². The highest BCUT2D eigenvalue weighted by molar-refractivity contribution is 6.31. The van der Waals surface area contributed by atoms with Crippen LogP contribution in [0.5, 0.6) is 0 Å². The second kappa shape index (κ2) is 7.04. The number of piperidine rings is 1. The van der Waals surface area contributed by atoms with Gasteiger partial charge < -0.3 is 16.8 Å². The minimum atomic E-state index is -0.571. The van der Waals surface area contributed by atoms with E-state index in [1.807, 2.05) is 0 Å². The number of aliphatic imine (C=N–C) groups is 1. The van der Waals surface area contributed by atoms with E-state index in [1.165, 1.54) is 6.34 Å². The van der Waals surface area contributed by atoms with Crippen LogP contribution in [0.2, 0.25) is 5.15 Å². The molecule has 2 rings (SSSR count). The summed E-state index contributed by atoms with van der Waals surface area (Å²) in [6, 6.07) is 0.256. The first-order valence-corrected chi connectivity index (χ1v) is 6.82. The molecule has 0 radical (unpaired) electrons. The van der Waals surface area contributed by atoms with Gasteiger partial charge in [-0.3, -0.25) is 20.6 Å². The molecule has 0 unspecified atom stereocenters. The van der Waals surface area contributed by atoms with Gasteiger partial charge in [-0.2, -0.15) is 0 Å². The van der Waals surface area contributed by atoms with Gasteiger partial charge in [0.25, 0.3) is 5.91 Å². The van der Waals surface area contributed by atoms with Crippen LogP contribution < -0.4 is 27.6 Å². The van der Waals surface area contributed by atoms with E-state index in [-0.39, 0.29) is 28.5 Å². The van der Waals surface area contributed by atoms with Crippen LogP contribution in [0, 0.1) is 0 Å². The summed E-state index contributed by atoms with van der Waals surface area (Å²) in [7, 11) is 0. The van der Waals surface area contributed by atoms with Crippen LogP contribution in [0.25, 0.3) is 0 Å². The predicted molar refractivity (Wildman–Crippen MR) is 80.9 cm³/mol. The molecule has 1 fully saturated rings. The number of hydrogen-bond acceptors (Lipinski definition) is 7. The topological polar surface area (TPSA) is 143 Å². The Hall–Kier alpha value is -2.13. The third kappa shape index (κ3) is 4.17. The summed E-state index contributed by atoms with van der Waals surface area (Å²) >= 11 is 5.71. The SMILES string of the molecule is Nc1nc(N)c(C(=O)NNC=NC2CCNCC2)nc1Cl. The molecule has 1 amide bonds. The lowest BCUT2D eigenvalue weighted by Gasteiger charge is -2.18. The third-order valence-electron chi connectivity index (χ3n) is 2.96. The molecule has 1 aliphatic rings. The second-order valence-corrected chi connectivity index (χ2v) is 4.85. The lowest BCUT2D eigenvalue weighted by molar-refractivity contribution is 0.0940. The average molecular weight is 313 g/mol. The van der Waals surface area contributed by atoms with E-state index in [2.05, 4.69) is 31.1 Å². The van der Waals surface area contributed by atoms with Crippen LogP contribution >= 0.6 is 11.6 Å². The van der Waals surface area contributed by atoms with Gasteiger partial charge >= 0.3 is 0 Å². The molecular weight excluding hydrogens is 296 g/mol. The van der Waals surface area contributed by atoms with E-state index < -0.39 is 5.91 Å². The molecule has 2 heterocycles. The first-order chi connectivity index (χ1) is 10.1. The fourth-order valence-corrected chi connectivity index (χ4v) is 1.99. The van der Waals surface area contributed by atoms with Crippen LogP contribution in [-0.2, 0) is 0 Å². The van der Waals surface area contributed by atoms with Crippen molar-refractivity contribution in [1.29, 1.82) is 0 Å². The Morgan fingerprint density at radius 2 is 2.05 bits per heavy atom. The van der Waals surface area contributed by atoms with Crippen LogP contribution in [0.3, 0.4) is 0 Å². The molecule has 1 aliphatic heterocycles. The molecule has 0 bridgehead atoms. The van der Waals surface area contributed by atoms with E-state index in [4.69, 9.17) is 23.1 Å². The van der Waals surface area contributed by atoms with Crippen molar-refractivity contribution in [2.75, 3.05) is 24.6 Å². The average Bonchev–Trinajstić information content (AvgIpc) is 2.48. The summed E-state index contributed by atoms with van der Waals surface area (Å²) in [5, 5.41) is 3.17. The number of hydrogen-bond donors (Lipinski definition) is 5. The normalized spacial score (nSPS) is 16.0. The van der Waals surface area contributed by atoms with E-state index >= 15 is 0 Å². The fourth-order valence-electron chi connectivity index (χ4n) is 1.86. The van der Waals surface area contributed by atoms with Crippen LogP contribution in [0.15, 0.2) is 4.99 Å². The highest BCUT2D eigenvalue weighted by Crippen LogP contribution is 2.16. The number of amides is 1. The van der Waals surface area contributed by atoms with Gasteiger partial charge in [-0.1, -0.05) is 11.6 Å². The Morgan fingerprint density at radius 1 is 1.33 bits per heavy atom. The lowest BCUT2D eigenvalue weighted by Crippen LogP contribution is -2.38. The minimum Gasteiger partial charge on any atom is -0.382 e.